The fourth-order valence-electron chi connectivity index (χ4n) is 2.51. The molecule has 0 bridgehead atoms. The molecule has 1 heterocycles. The Morgan fingerprint density at radius 3 is 2.36 bits per heavy atom. The molecule has 1 aliphatic rings. The molecule has 0 saturated carbocycles. The second kappa shape index (κ2) is 7.47. The number of aliphatic carboxylic acids is 1. The summed E-state index contributed by atoms with van der Waals surface area (Å²) in [7, 11) is 0. The molecule has 6 nitrogen and oxygen atoms in total. The van der Waals surface area contributed by atoms with Gasteiger partial charge < -0.3 is 15.3 Å². The van der Waals surface area contributed by atoms with Gasteiger partial charge in [0.1, 0.15) is 12.1 Å². The predicted octanol–water partition coefficient (Wildman–Crippen LogP) is 2.09. The van der Waals surface area contributed by atoms with Crippen LogP contribution in [0.1, 0.15) is 43.6 Å². The Kier molecular flexibility index (Phi) is 5.77. The third-order valence-electron chi connectivity index (χ3n) is 4.17. The number of amides is 2. The number of carbonyl (C=O) groups is 3. The van der Waals surface area contributed by atoms with Crippen LogP contribution in [0, 0.1) is 0 Å². The molecule has 1 saturated heterocycles. The Morgan fingerprint density at radius 2 is 1.84 bits per heavy atom. The van der Waals surface area contributed by atoms with Crippen molar-refractivity contribution >= 4 is 29.5 Å². The molecule has 136 valence electrons. The quantitative estimate of drug-likeness (QED) is 0.854. The van der Waals surface area contributed by atoms with Crippen LogP contribution in [0.5, 0.6) is 0 Å². The van der Waals surface area contributed by atoms with Crippen molar-refractivity contribution in [2.75, 3.05) is 11.6 Å². The predicted molar refractivity (Wildman–Crippen MR) is 97.7 cm³/mol. The van der Waals surface area contributed by atoms with Gasteiger partial charge in [0.15, 0.2) is 0 Å². The fourth-order valence-corrected chi connectivity index (χ4v) is 3.66. The van der Waals surface area contributed by atoms with Crippen LogP contribution >= 0.6 is 11.8 Å². The summed E-state index contributed by atoms with van der Waals surface area (Å²) in [5.74, 6) is -0.869. The van der Waals surface area contributed by atoms with Crippen molar-refractivity contribution < 1.29 is 19.5 Å². The summed E-state index contributed by atoms with van der Waals surface area (Å²) in [6, 6.07) is 5.78. The first-order valence-corrected chi connectivity index (χ1v) is 9.29. The van der Waals surface area contributed by atoms with Gasteiger partial charge in [-0.05, 0) is 30.0 Å². The number of nitrogens with zero attached hydrogens (tertiary/aromatic N) is 1. The van der Waals surface area contributed by atoms with Gasteiger partial charge >= 0.3 is 5.97 Å². The molecule has 2 N–H and O–H groups in total. The molecule has 1 fully saturated rings. The molecule has 0 radical (unpaired) electrons. The molecule has 2 atom stereocenters. The van der Waals surface area contributed by atoms with Crippen LogP contribution in [-0.4, -0.2) is 51.5 Å². The number of carboxylic acids is 1. The zero-order chi connectivity index (χ0) is 18.8. The Morgan fingerprint density at radius 1 is 1.24 bits per heavy atom. The minimum absolute atomic E-state index is 0.000462. The molecule has 0 aromatic heterocycles. The van der Waals surface area contributed by atoms with Crippen molar-refractivity contribution in [2.45, 2.75) is 45.2 Å². The summed E-state index contributed by atoms with van der Waals surface area (Å²) in [4.78, 5) is 37.5. The molecule has 2 amide bonds. The average molecular weight is 364 g/mol. The van der Waals surface area contributed by atoms with Crippen LogP contribution < -0.4 is 5.32 Å². The Balaban J connectivity index is 2.12. The molecule has 1 unspecified atom stereocenters. The van der Waals surface area contributed by atoms with Gasteiger partial charge in [-0.2, -0.15) is 0 Å². The molecule has 1 aromatic carbocycles. The van der Waals surface area contributed by atoms with Gasteiger partial charge in [0.2, 0.25) is 5.91 Å². The lowest BCUT2D eigenvalue weighted by molar-refractivity contribution is -0.141. The van der Waals surface area contributed by atoms with Gasteiger partial charge in [-0.3, -0.25) is 14.4 Å². The minimum Gasteiger partial charge on any atom is -0.480 e. The molecule has 2 rings (SSSR count). The highest BCUT2D eigenvalue weighted by molar-refractivity contribution is 7.99. The summed E-state index contributed by atoms with van der Waals surface area (Å²) < 4.78 is 0. The second-order valence-electron chi connectivity index (χ2n) is 7.19. The van der Waals surface area contributed by atoms with E-state index in [1.54, 1.807) is 12.1 Å². The van der Waals surface area contributed by atoms with E-state index in [0.717, 1.165) is 5.56 Å². The van der Waals surface area contributed by atoms with Crippen molar-refractivity contribution in [1.82, 2.24) is 10.2 Å². The number of carbonyl (C=O) groups excluding carboxylic acids is 2. The summed E-state index contributed by atoms with van der Waals surface area (Å²) in [5.41, 5.74) is 1.66. The average Bonchev–Trinajstić information content (AvgIpc) is 3.03. The number of rotatable bonds is 4. The van der Waals surface area contributed by atoms with Crippen molar-refractivity contribution in [1.29, 1.82) is 0 Å². The third kappa shape index (κ3) is 4.54. The fraction of sp³-hybridized carbons (Fsp3) is 0.500. The van der Waals surface area contributed by atoms with Crippen molar-refractivity contribution in [3.63, 3.8) is 0 Å². The van der Waals surface area contributed by atoms with Crippen molar-refractivity contribution in [3.05, 3.63) is 35.4 Å². The topological polar surface area (TPSA) is 86.7 Å². The Labute approximate surface area is 152 Å². The highest BCUT2D eigenvalue weighted by atomic mass is 32.2. The van der Waals surface area contributed by atoms with Crippen LogP contribution in [-0.2, 0) is 15.0 Å². The maximum Gasteiger partial charge on any atom is 0.325 e. The zero-order valence-electron chi connectivity index (χ0n) is 14.9. The van der Waals surface area contributed by atoms with Gasteiger partial charge in [-0.15, -0.1) is 11.8 Å². The molecule has 0 aliphatic carbocycles. The molecule has 7 heteroatoms. The second-order valence-corrected chi connectivity index (χ2v) is 8.19. The van der Waals surface area contributed by atoms with E-state index in [0.29, 0.717) is 17.2 Å². The Hall–Kier alpha value is -2.02. The summed E-state index contributed by atoms with van der Waals surface area (Å²) in [6.07, 6.45) is 0. The number of nitrogens with one attached hydrogen (secondary N) is 1. The van der Waals surface area contributed by atoms with Gasteiger partial charge in [0, 0.05) is 11.3 Å². The molecule has 1 aliphatic heterocycles. The van der Waals surface area contributed by atoms with E-state index in [2.05, 4.69) is 26.1 Å². The van der Waals surface area contributed by atoms with Crippen molar-refractivity contribution in [2.24, 2.45) is 0 Å². The third-order valence-corrected chi connectivity index (χ3v) is 5.19. The smallest absolute Gasteiger partial charge is 0.325 e. The van der Waals surface area contributed by atoms with Gasteiger partial charge in [0.25, 0.3) is 5.91 Å². The first kappa shape index (κ1) is 19.3. The summed E-state index contributed by atoms with van der Waals surface area (Å²) >= 11 is 1.48. The molecule has 1 aromatic rings. The lowest BCUT2D eigenvalue weighted by Gasteiger charge is -2.24. The van der Waals surface area contributed by atoms with Gasteiger partial charge in [-0.1, -0.05) is 32.9 Å². The number of carboxylic acid groups (broad SMARTS) is 1. The normalized spacial score (nSPS) is 18.7. The molecular weight excluding hydrogens is 340 g/mol. The van der Waals surface area contributed by atoms with E-state index >= 15 is 0 Å². The standard InChI is InChI=1S/C18H24N2O4S/c1-11(17(23)24)19-15(21)14-9-25-10-20(14)16(22)12-5-7-13(8-6-12)18(2,3)4/h5-8,11,14H,9-10H2,1-4H3,(H,19,21)(H,23,24)/t11-,14?/m1/s1. The molecule has 25 heavy (non-hydrogen) atoms. The zero-order valence-corrected chi connectivity index (χ0v) is 15.7. The molecule has 0 spiro atoms. The van der Waals surface area contributed by atoms with Crippen LogP contribution in [0.2, 0.25) is 0 Å². The van der Waals surface area contributed by atoms with Crippen molar-refractivity contribution in [3.8, 4) is 0 Å². The Bertz CT molecular complexity index is 667. The van der Waals surface area contributed by atoms with Gasteiger partial charge in [0.05, 0.1) is 5.88 Å². The van der Waals surface area contributed by atoms with E-state index < -0.39 is 24.0 Å². The molecular formula is C18H24N2O4S. The highest BCUT2D eigenvalue weighted by Crippen LogP contribution is 2.26. The lowest BCUT2D eigenvalue weighted by Crippen LogP contribution is -2.51. The van der Waals surface area contributed by atoms with E-state index in [1.807, 2.05) is 12.1 Å². The van der Waals surface area contributed by atoms with E-state index in [-0.39, 0.29) is 11.3 Å². The van der Waals surface area contributed by atoms with E-state index in [9.17, 15) is 14.4 Å². The van der Waals surface area contributed by atoms with E-state index in [1.165, 1.54) is 23.6 Å². The maximum absolute atomic E-state index is 12.8. The highest BCUT2D eigenvalue weighted by Gasteiger charge is 2.36. The van der Waals surface area contributed by atoms with Gasteiger partial charge in [-0.25, -0.2) is 0 Å². The number of hydrogen-bond acceptors (Lipinski definition) is 4. The minimum atomic E-state index is -1.10. The lowest BCUT2D eigenvalue weighted by atomic mass is 9.86. The van der Waals surface area contributed by atoms with Crippen LogP contribution in [0.4, 0.5) is 0 Å². The number of thioether (sulfide) groups is 1. The largest absolute Gasteiger partial charge is 0.480 e. The first-order valence-electron chi connectivity index (χ1n) is 8.13. The number of hydrogen-bond donors (Lipinski definition) is 2. The SMILES string of the molecule is C[C@@H](NC(=O)C1CSCN1C(=O)c1ccc(C(C)(C)C)cc1)C(=O)O. The van der Waals surface area contributed by atoms with Crippen LogP contribution in [0.15, 0.2) is 24.3 Å². The van der Waals surface area contributed by atoms with Crippen LogP contribution in [0.25, 0.3) is 0 Å². The summed E-state index contributed by atoms with van der Waals surface area (Å²) in [6.45, 7) is 7.71. The monoisotopic (exact) mass is 364 g/mol. The first-order chi connectivity index (χ1) is 11.6. The maximum atomic E-state index is 12.8. The summed E-state index contributed by atoms with van der Waals surface area (Å²) in [5, 5.41) is 11.4. The van der Waals surface area contributed by atoms with E-state index in [4.69, 9.17) is 5.11 Å². The number of benzene rings is 1. The van der Waals surface area contributed by atoms with Crippen LogP contribution in [0.3, 0.4) is 0 Å².